The molecule has 0 aliphatic carbocycles. The Hall–Kier alpha value is -1.51. The van der Waals surface area contributed by atoms with Crippen molar-refractivity contribution < 1.29 is 0 Å². The van der Waals surface area contributed by atoms with Gasteiger partial charge in [0.1, 0.15) is 5.84 Å². The van der Waals surface area contributed by atoms with Gasteiger partial charge in [-0.3, -0.25) is 5.41 Å². The molecule has 0 saturated heterocycles. The van der Waals surface area contributed by atoms with Crippen LogP contribution in [-0.2, 0) is 6.42 Å². The van der Waals surface area contributed by atoms with Gasteiger partial charge in [0.25, 0.3) is 0 Å². The summed E-state index contributed by atoms with van der Waals surface area (Å²) in [4.78, 5) is 0. The number of nitrogens with one attached hydrogen (secondary N) is 2. The molecule has 0 spiro atoms. The fourth-order valence-corrected chi connectivity index (χ4v) is 0.829. The molecule has 56 valence electrons. The number of benzene rings is 1. The lowest BCUT2D eigenvalue weighted by molar-refractivity contribution is 1.11. The summed E-state index contributed by atoms with van der Waals surface area (Å²) in [7, 11) is 0. The lowest BCUT2D eigenvalue weighted by Crippen LogP contribution is -1.95. The maximum Gasteiger partial charge on any atom is 0.147 e. The summed E-state index contributed by atoms with van der Waals surface area (Å²) < 4.78 is 0. The first-order valence-corrected chi connectivity index (χ1v) is 3.32. The van der Waals surface area contributed by atoms with E-state index < -0.39 is 0 Å². The van der Waals surface area contributed by atoms with E-state index in [0.717, 1.165) is 5.56 Å². The minimum atomic E-state index is 0.0937. The van der Waals surface area contributed by atoms with Crippen LogP contribution >= 0.6 is 0 Å². The predicted octanol–water partition coefficient (Wildman–Crippen LogP) is 2.24. The minimum Gasteiger partial charge on any atom is -0.285 e. The molecule has 0 bridgehead atoms. The summed E-state index contributed by atoms with van der Waals surface area (Å²) in [5.74, 6) is 0.0937. The molecule has 0 aliphatic rings. The van der Waals surface area contributed by atoms with Crippen molar-refractivity contribution in [2.45, 2.75) is 6.42 Å². The first-order chi connectivity index (χ1) is 5.33. The summed E-state index contributed by atoms with van der Waals surface area (Å²) >= 11 is 0. The molecule has 0 atom stereocenters. The average molecular weight is 147 g/mol. The average Bonchev–Trinajstić information content (AvgIpc) is 2.06. The zero-order chi connectivity index (χ0) is 8.10. The Labute approximate surface area is 65.1 Å². The van der Waals surface area contributed by atoms with Gasteiger partial charge in [-0.25, -0.2) is 5.53 Å². The molecule has 0 fully saturated rings. The Morgan fingerprint density at radius 3 is 2.45 bits per heavy atom. The highest BCUT2D eigenvalue weighted by molar-refractivity contribution is 5.81. The normalized spacial score (nSPS) is 9.09. The van der Waals surface area contributed by atoms with Crippen molar-refractivity contribution >= 4 is 5.84 Å². The first-order valence-electron chi connectivity index (χ1n) is 3.32. The second kappa shape index (κ2) is 3.61. The Morgan fingerprint density at radius 2 is 1.91 bits per heavy atom. The van der Waals surface area contributed by atoms with Crippen molar-refractivity contribution in [1.82, 2.24) is 0 Å². The number of hydrogen-bond donors (Lipinski definition) is 2. The zero-order valence-electron chi connectivity index (χ0n) is 6.04. The molecule has 0 unspecified atom stereocenters. The summed E-state index contributed by atoms with van der Waals surface area (Å²) in [6.07, 6.45) is 0.449. The first kappa shape index (κ1) is 7.60. The van der Waals surface area contributed by atoms with E-state index in [1.165, 1.54) is 0 Å². The topological polar surface area (TPSA) is 60.1 Å². The van der Waals surface area contributed by atoms with Gasteiger partial charge >= 0.3 is 0 Å². The van der Waals surface area contributed by atoms with Crippen molar-refractivity contribution in [2.75, 3.05) is 0 Å². The van der Waals surface area contributed by atoms with Crippen LogP contribution in [0.4, 0.5) is 0 Å². The van der Waals surface area contributed by atoms with Gasteiger partial charge in [0.15, 0.2) is 0 Å². The van der Waals surface area contributed by atoms with E-state index in [9.17, 15) is 0 Å². The van der Waals surface area contributed by atoms with Gasteiger partial charge in [-0.05, 0) is 5.56 Å². The number of rotatable bonds is 2. The van der Waals surface area contributed by atoms with Crippen molar-refractivity contribution in [3.05, 3.63) is 35.9 Å². The third-order valence-electron chi connectivity index (χ3n) is 1.35. The SMILES string of the molecule is N=NC(=N)Cc1ccccc1. The molecule has 2 N–H and O–H groups in total. The van der Waals surface area contributed by atoms with Gasteiger partial charge in [0, 0.05) is 6.42 Å². The van der Waals surface area contributed by atoms with Crippen LogP contribution in [0.3, 0.4) is 0 Å². The predicted molar refractivity (Wildman–Crippen MR) is 43.0 cm³/mol. The standard InChI is InChI=1S/C8H9N3/c9-8(11-10)6-7-4-2-1-3-5-7/h1-5,9-10H,6H2. The van der Waals surface area contributed by atoms with Crippen molar-refractivity contribution in [1.29, 1.82) is 10.9 Å². The molecule has 0 aromatic heterocycles. The summed E-state index contributed by atoms with van der Waals surface area (Å²) in [5, 5.41) is 10.1. The number of nitrogens with zero attached hydrogens (tertiary/aromatic N) is 1. The van der Waals surface area contributed by atoms with Crippen LogP contribution in [0.5, 0.6) is 0 Å². The van der Waals surface area contributed by atoms with Gasteiger partial charge in [-0.1, -0.05) is 30.3 Å². The van der Waals surface area contributed by atoms with E-state index in [0.29, 0.717) is 6.42 Å². The Kier molecular flexibility index (Phi) is 2.49. The molecule has 1 aromatic rings. The number of amidine groups is 1. The highest BCUT2D eigenvalue weighted by Gasteiger charge is 1.94. The quantitative estimate of drug-likeness (QED) is 0.366. The minimum absolute atomic E-state index is 0.0937. The zero-order valence-corrected chi connectivity index (χ0v) is 6.04. The van der Waals surface area contributed by atoms with Crippen LogP contribution in [-0.4, -0.2) is 5.84 Å². The Balaban J connectivity index is 2.65. The van der Waals surface area contributed by atoms with Crippen molar-refractivity contribution in [3.8, 4) is 0 Å². The molecule has 11 heavy (non-hydrogen) atoms. The van der Waals surface area contributed by atoms with Crippen LogP contribution in [0.15, 0.2) is 35.4 Å². The maximum absolute atomic E-state index is 7.12. The molecular weight excluding hydrogens is 138 g/mol. The molecule has 0 radical (unpaired) electrons. The van der Waals surface area contributed by atoms with Crippen LogP contribution in [0.25, 0.3) is 0 Å². The van der Waals surface area contributed by atoms with E-state index in [2.05, 4.69) is 5.11 Å². The fourth-order valence-electron chi connectivity index (χ4n) is 0.829. The Morgan fingerprint density at radius 1 is 1.27 bits per heavy atom. The van der Waals surface area contributed by atoms with Crippen LogP contribution < -0.4 is 0 Å². The van der Waals surface area contributed by atoms with Gasteiger partial charge < -0.3 is 0 Å². The van der Waals surface area contributed by atoms with E-state index in [-0.39, 0.29) is 5.84 Å². The van der Waals surface area contributed by atoms with Crippen LogP contribution in [0, 0.1) is 10.9 Å². The van der Waals surface area contributed by atoms with Gasteiger partial charge in [0.05, 0.1) is 0 Å². The van der Waals surface area contributed by atoms with Crippen molar-refractivity contribution in [2.24, 2.45) is 5.11 Å². The molecular formula is C8H9N3. The van der Waals surface area contributed by atoms with Gasteiger partial charge in [-0.15, -0.1) is 5.11 Å². The highest BCUT2D eigenvalue weighted by atomic mass is 15.0. The van der Waals surface area contributed by atoms with Gasteiger partial charge in [0.2, 0.25) is 0 Å². The Bertz CT molecular complexity index is 253. The van der Waals surface area contributed by atoms with E-state index >= 15 is 0 Å². The third-order valence-corrected chi connectivity index (χ3v) is 1.35. The van der Waals surface area contributed by atoms with Crippen LogP contribution in [0.2, 0.25) is 0 Å². The smallest absolute Gasteiger partial charge is 0.147 e. The molecule has 0 saturated carbocycles. The molecule has 1 aromatic carbocycles. The maximum atomic E-state index is 7.12. The number of hydrogen-bond acceptors (Lipinski definition) is 2. The lowest BCUT2D eigenvalue weighted by atomic mass is 10.1. The highest BCUT2D eigenvalue weighted by Crippen LogP contribution is 2.00. The van der Waals surface area contributed by atoms with E-state index in [1.807, 2.05) is 30.3 Å². The molecule has 0 amide bonds. The monoisotopic (exact) mass is 147 g/mol. The third kappa shape index (κ3) is 2.29. The summed E-state index contributed by atoms with van der Waals surface area (Å²) in [6, 6.07) is 9.57. The second-order valence-electron chi connectivity index (χ2n) is 2.22. The second-order valence-corrected chi connectivity index (χ2v) is 2.22. The summed E-state index contributed by atoms with van der Waals surface area (Å²) in [5.41, 5.74) is 7.58. The van der Waals surface area contributed by atoms with E-state index in [4.69, 9.17) is 10.9 Å². The largest absolute Gasteiger partial charge is 0.285 e. The van der Waals surface area contributed by atoms with Gasteiger partial charge in [-0.2, -0.15) is 0 Å². The molecule has 3 nitrogen and oxygen atoms in total. The van der Waals surface area contributed by atoms with Crippen LogP contribution in [0.1, 0.15) is 5.56 Å². The summed E-state index contributed by atoms with van der Waals surface area (Å²) in [6.45, 7) is 0. The fraction of sp³-hybridized carbons (Fsp3) is 0.125. The molecule has 1 rings (SSSR count). The van der Waals surface area contributed by atoms with Crippen molar-refractivity contribution in [3.63, 3.8) is 0 Å². The van der Waals surface area contributed by atoms with E-state index in [1.54, 1.807) is 0 Å². The lowest BCUT2D eigenvalue weighted by Gasteiger charge is -1.95. The molecule has 0 aliphatic heterocycles. The molecule has 3 heteroatoms. The molecule has 0 heterocycles.